The highest BCUT2D eigenvalue weighted by molar-refractivity contribution is 7.97. The summed E-state index contributed by atoms with van der Waals surface area (Å²) >= 11 is 1.78. The minimum atomic E-state index is 0.838. The van der Waals surface area contributed by atoms with Gasteiger partial charge in [0.15, 0.2) is 0 Å². The van der Waals surface area contributed by atoms with Crippen LogP contribution in [0.5, 0.6) is 0 Å². The lowest BCUT2D eigenvalue weighted by molar-refractivity contribution is 0.463. The highest BCUT2D eigenvalue weighted by atomic mass is 32.2. The summed E-state index contributed by atoms with van der Waals surface area (Å²) in [5.41, 5.74) is 0. The van der Waals surface area contributed by atoms with Crippen LogP contribution in [0.1, 0.15) is 18.4 Å². The van der Waals surface area contributed by atoms with Gasteiger partial charge in [0, 0.05) is 0 Å². The van der Waals surface area contributed by atoms with Gasteiger partial charge in [-0.1, -0.05) is 6.92 Å². The minimum absolute atomic E-state index is 0.838. The average molecular weight is 185 g/mol. The molecular formula is C9H15NOS. The molecule has 0 aliphatic heterocycles. The molecule has 0 amide bonds. The van der Waals surface area contributed by atoms with Crippen LogP contribution in [0, 0.1) is 0 Å². The van der Waals surface area contributed by atoms with Gasteiger partial charge in [0.25, 0.3) is 0 Å². The van der Waals surface area contributed by atoms with Gasteiger partial charge in [0.2, 0.25) is 0 Å². The van der Waals surface area contributed by atoms with E-state index in [4.69, 9.17) is 4.42 Å². The lowest BCUT2D eigenvalue weighted by Gasteiger charge is -1.96. The Kier molecular flexibility index (Phi) is 4.25. The fourth-order valence-corrected chi connectivity index (χ4v) is 1.43. The Hall–Kier alpha value is -0.410. The number of hydrogen-bond acceptors (Lipinski definition) is 3. The molecule has 12 heavy (non-hydrogen) atoms. The smallest absolute Gasteiger partial charge is 0.117 e. The van der Waals surface area contributed by atoms with Crippen molar-refractivity contribution in [3.8, 4) is 0 Å². The van der Waals surface area contributed by atoms with Crippen molar-refractivity contribution in [3.05, 3.63) is 23.7 Å². The van der Waals surface area contributed by atoms with Gasteiger partial charge in [0.1, 0.15) is 11.5 Å². The summed E-state index contributed by atoms with van der Waals surface area (Å²) in [5, 5.41) is 3.22. The zero-order chi connectivity index (χ0) is 8.81. The standard InChI is InChI=1S/C9H15NOS/c1-3-10-6-8-4-5-9(11-8)7-12-2/h4-5,10H,3,6-7H2,1-2H3. The molecule has 1 heterocycles. The molecular weight excluding hydrogens is 170 g/mol. The van der Waals surface area contributed by atoms with E-state index in [1.54, 1.807) is 11.8 Å². The second-order valence-corrected chi connectivity index (χ2v) is 3.45. The lowest BCUT2D eigenvalue weighted by atomic mass is 10.4. The van der Waals surface area contributed by atoms with Crippen LogP contribution in [-0.2, 0) is 12.3 Å². The number of thioether (sulfide) groups is 1. The van der Waals surface area contributed by atoms with Gasteiger partial charge >= 0.3 is 0 Å². The van der Waals surface area contributed by atoms with E-state index in [1.807, 2.05) is 12.1 Å². The Morgan fingerprint density at radius 3 is 2.83 bits per heavy atom. The number of hydrogen-bond donors (Lipinski definition) is 1. The second-order valence-electron chi connectivity index (χ2n) is 2.58. The molecule has 1 N–H and O–H groups in total. The Labute approximate surface area is 77.7 Å². The first-order valence-electron chi connectivity index (χ1n) is 4.14. The number of furan rings is 1. The fourth-order valence-electron chi connectivity index (χ4n) is 0.985. The summed E-state index contributed by atoms with van der Waals surface area (Å²) in [4.78, 5) is 0. The van der Waals surface area contributed by atoms with Crippen molar-refractivity contribution >= 4 is 11.8 Å². The van der Waals surface area contributed by atoms with Crippen LogP contribution in [0.25, 0.3) is 0 Å². The molecule has 0 radical (unpaired) electrons. The van der Waals surface area contributed by atoms with Crippen molar-refractivity contribution < 1.29 is 4.42 Å². The first-order chi connectivity index (χ1) is 5.86. The van der Waals surface area contributed by atoms with E-state index in [1.165, 1.54) is 0 Å². The summed E-state index contributed by atoms with van der Waals surface area (Å²) in [7, 11) is 0. The molecule has 0 bridgehead atoms. The van der Waals surface area contributed by atoms with Crippen LogP contribution in [-0.4, -0.2) is 12.8 Å². The van der Waals surface area contributed by atoms with Crippen molar-refractivity contribution in [2.45, 2.75) is 19.2 Å². The van der Waals surface area contributed by atoms with Crippen LogP contribution >= 0.6 is 11.8 Å². The highest BCUT2D eigenvalue weighted by Crippen LogP contribution is 2.12. The molecule has 1 rings (SSSR count). The Morgan fingerprint density at radius 1 is 1.42 bits per heavy atom. The Bertz CT molecular complexity index is 222. The van der Waals surface area contributed by atoms with E-state index in [9.17, 15) is 0 Å². The molecule has 0 saturated heterocycles. The first-order valence-corrected chi connectivity index (χ1v) is 5.53. The van der Waals surface area contributed by atoms with E-state index in [0.717, 1.165) is 30.4 Å². The summed E-state index contributed by atoms with van der Waals surface area (Å²) in [6, 6.07) is 4.08. The zero-order valence-electron chi connectivity index (χ0n) is 7.59. The largest absolute Gasteiger partial charge is 0.464 e. The van der Waals surface area contributed by atoms with Gasteiger partial charge < -0.3 is 9.73 Å². The lowest BCUT2D eigenvalue weighted by Crippen LogP contribution is -2.10. The molecule has 0 aliphatic carbocycles. The van der Waals surface area contributed by atoms with Crippen LogP contribution in [0.15, 0.2) is 16.5 Å². The van der Waals surface area contributed by atoms with Crippen molar-refractivity contribution in [3.63, 3.8) is 0 Å². The summed E-state index contributed by atoms with van der Waals surface area (Å²) in [6.07, 6.45) is 2.08. The monoisotopic (exact) mass is 185 g/mol. The zero-order valence-corrected chi connectivity index (χ0v) is 8.41. The van der Waals surface area contributed by atoms with E-state index in [2.05, 4.69) is 18.5 Å². The predicted octanol–water partition coefficient (Wildman–Crippen LogP) is 2.25. The van der Waals surface area contributed by atoms with Crippen LogP contribution < -0.4 is 5.32 Å². The third-order valence-electron chi connectivity index (χ3n) is 1.55. The normalized spacial score (nSPS) is 10.5. The molecule has 3 heteroatoms. The molecule has 2 nitrogen and oxygen atoms in total. The molecule has 68 valence electrons. The molecule has 0 fully saturated rings. The fraction of sp³-hybridized carbons (Fsp3) is 0.556. The van der Waals surface area contributed by atoms with Crippen molar-refractivity contribution in [2.24, 2.45) is 0 Å². The van der Waals surface area contributed by atoms with Gasteiger partial charge in [-0.05, 0) is 24.9 Å². The van der Waals surface area contributed by atoms with Crippen molar-refractivity contribution in [2.75, 3.05) is 12.8 Å². The molecule has 0 aliphatic rings. The molecule has 0 spiro atoms. The summed E-state index contributed by atoms with van der Waals surface area (Å²) in [6.45, 7) is 3.91. The van der Waals surface area contributed by atoms with Crippen LogP contribution in [0.4, 0.5) is 0 Å². The summed E-state index contributed by atoms with van der Waals surface area (Å²) < 4.78 is 5.54. The maximum absolute atomic E-state index is 5.54. The second kappa shape index (κ2) is 5.27. The average Bonchev–Trinajstić information content (AvgIpc) is 2.50. The Balaban J connectivity index is 2.41. The summed E-state index contributed by atoms with van der Waals surface area (Å²) in [5.74, 6) is 3.06. The third-order valence-corrected chi connectivity index (χ3v) is 2.13. The molecule has 1 aromatic rings. The predicted molar refractivity (Wildman–Crippen MR) is 53.3 cm³/mol. The van der Waals surface area contributed by atoms with Gasteiger partial charge in [-0.25, -0.2) is 0 Å². The molecule has 0 atom stereocenters. The van der Waals surface area contributed by atoms with Crippen LogP contribution in [0.2, 0.25) is 0 Å². The Morgan fingerprint density at radius 2 is 2.17 bits per heavy atom. The van der Waals surface area contributed by atoms with Gasteiger partial charge in [-0.3, -0.25) is 0 Å². The molecule has 0 unspecified atom stereocenters. The molecule has 1 aromatic heterocycles. The minimum Gasteiger partial charge on any atom is -0.464 e. The van der Waals surface area contributed by atoms with Gasteiger partial charge in [-0.2, -0.15) is 11.8 Å². The van der Waals surface area contributed by atoms with Gasteiger partial charge in [-0.15, -0.1) is 0 Å². The quantitative estimate of drug-likeness (QED) is 0.761. The third kappa shape index (κ3) is 2.91. The van der Waals surface area contributed by atoms with Crippen molar-refractivity contribution in [1.82, 2.24) is 5.32 Å². The van der Waals surface area contributed by atoms with E-state index >= 15 is 0 Å². The van der Waals surface area contributed by atoms with E-state index in [0.29, 0.717) is 0 Å². The SMILES string of the molecule is CCNCc1ccc(CSC)o1. The van der Waals surface area contributed by atoms with E-state index < -0.39 is 0 Å². The molecule has 0 saturated carbocycles. The maximum atomic E-state index is 5.54. The molecule has 0 aromatic carbocycles. The highest BCUT2D eigenvalue weighted by Gasteiger charge is 1.99. The van der Waals surface area contributed by atoms with Gasteiger partial charge in [0.05, 0.1) is 12.3 Å². The van der Waals surface area contributed by atoms with Crippen LogP contribution in [0.3, 0.4) is 0 Å². The van der Waals surface area contributed by atoms with Crippen molar-refractivity contribution in [1.29, 1.82) is 0 Å². The number of rotatable bonds is 5. The first kappa shape index (κ1) is 9.68. The number of nitrogens with one attached hydrogen (secondary N) is 1. The maximum Gasteiger partial charge on any atom is 0.117 e. The van der Waals surface area contributed by atoms with E-state index in [-0.39, 0.29) is 0 Å². The topological polar surface area (TPSA) is 25.2 Å².